The van der Waals surface area contributed by atoms with Crippen LogP contribution in [-0.4, -0.2) is 125 Å². The van der Waals surface area contributed by atoms with Crippen LogP contribution in [0.2, 0.25) is 20.1 Å². The summed E-state index contributed by atoms with van der Waals surface area (Å²) >= 11 is 18.7. The van der Waals surface area contributed by atoms with Gasteiger partial charge in [0.1, 0.15) is 37.6 Å². The van der Waals surface area contributed by atoms with Crippen molar-refractivity contribution >= 4 is 104 Å². The second-order valence-electron chi connectivity index (χ2n) is 17.9. The Labute approximate surface area is 464 Å². The summed E-state index contributed by atoms with van der Waals surface area (Å²) in [7, 11) is 6.35. The first-order chi connectivity index (χ1) is 29.4. The molecule has 2 N–H and O–H groups in total. The Morgan fingerprint density at radius 1 is 0.662 bits per heavy atom. The van der Waals surface area contributed by atoms with E-state index in [1.165, 1.54) is 26.6 Å². The number of aliphatic hydroxyl groups excluding tert-OH is 2. The molecule has 0 radical (unpaired) electrons. The van der Waals surface area contributed by atoms with Gasteiger partial charge < -0.3 is 34.3 Å². The van der Waals surface area contributed by atoms with Crippen molar-refractivity contribution in [2.45, 2.75) is 110 Å². The fourth-order valence-electron chi connectivity index (χ4n) is 6.42. The summed E-state index contributed by atoms with van der Waals surface area (Å²) in [5, 5.41) is 21.2. The van der Waals surface area contributed by atoms with Gasteiger partial charge in [-0.3, -0.25) is 33.1 Å². The number of aldehydes is 1. The SMILES string of the molecule is CC(C)C(=O)N(C)C[C@](CC(O)CO)(c1ccc(Cl)c(Cl)c1)N(C)C(=O)OC(C)(C)C.CC(C)C(=O)N(C)C[C@](CC=O)(c1ccc(Cl)c(Cl)c1)N(C)C(=O)OC(C)(C)C.S.S.[Na+].[O-][I+3]([O-])([O-])[O-]. The van der Waals surface area contributed by atoms with Gasteiger partial charge in [-0.25, -0.2) is 9.59 Å². The molecule has 0 aromatic heterocycles. The first-order valence-corrected chi connectivity index (χ1v) is 25.1. The van der Waals surface area contributed by atoms with Gasteiger partial charge in [0.15, 0.2) is 0 Å². The fourth-order valence-corrected chi connectivity index (χ4v) is 7.01. The molecule has 2 aromatic carbocycles. The van der Waals surface area contributed by atoms with Gasteiger partial charge >= 0.3 is 41.7 Å². The molecule has 3 atom stereocenters. The van der Waals surface area contributed by atoms with E-state index in [0.717, 1.165) is 6.29 Å². The van der Waals surface area contributed by atoms with Crippen LogP contribution in [0.1, 0.15) is 93.2 Å². The average Bonchev–Trinajstić information content (AvgIpc) is 3.16. The van der Waals surface area contributed by atoms with Crippen molar-refractivity contribution in [1.82, 2.24) is 19.6 Å². The zero-order valence-electron chi connectivity index (χ0n) is 41.4. The molecule has 2 aromatic rings. The number of carbonyl (C=O) groups excluding carboxylic acids is 5. The third-order valence-corrected chi connectivity index (χ3v) is 11.0. The number of benzene rings is 2. The number of amides is 4. The van der Waals surface area contributed by atoms with Crippen molar-refractivity contribution < 1.29 is 107 Å². The maximum absolute atomic E-state index is 13.1. The van der Waals surface area contributed by atoms with E-state index in [1.807, 2.05) is 0 Å². The molecular weight excluding hydrogens is 1140 g/mol. The number of hydrogen-bond donors (Lipinski definition) is 2. The van der Waals surface area contributed by atoms with Crippen molar-refractivity contribution in [1.29, 1.82) is 0 Å². The van der Waals surface area contributed by atoms with Crippen molar-refractivity contribution in [2.24, 2.45) is 11.8 Å². The summed E-state index contributed by atoms with van der Waals surface area (Å²) in [6.45, 7) is 17.2. The number of halogens is 5. The molecule has 0 spiro atoms. The minimum atomic E-state index is -5.94. The largest absolute Gasteiger partial charge is 1.00 e. The first-order valence-electron chi connectivity index (χ1n) is 20.1. The van der Waals surface area contributed by atoms with Crippen LogP contribution in [0, 0.1) is 11.8 Å². The van der Waals surface area contributed by atoms with E-state index in [4.69, 9.17) is 69.6 Å². The van der Waals surface area contributed by atoms with E-state index < -0.39 is 67.3 Å². The number of rotatable bonds is 15. The van der Waals surface area contributed by atoms with Gasteiger partial charge in [0.2, 0.25) is 11.8 Å². The predicted molar refractivity (Wildman–Crippen MR) is 258 cm³/mol. The summed E-state index contributed by atoms with van der Waals surface area (Å²) in [6, 6.07) is 9.79. The van der Waals surface area contributed by atoms with Crippen molar-refractivity contribution in [3.05, 3.63) is 67.6 Å². The Morgan fingerprint density at radius 3 is 1.25 bits per heavy atom. The van der Waals surface area contributed by atoms with Gasteiger partial charge in [0.25, 0.3) is 0 Å². The second kappa shape index (κ2) is 31.5. The molecule has 0 saturated carbocycles. The van der Waals surface area contributed by atoms with Crippen LogP contribution < -0.4 is 63.4 Å². The third-order valence-electron chi connectivity index (χ3n) is 9.48. The summed E-state index contributed by atoms with van der Waals surface area (Å²) < 4.78 is 45.6. The molecule has 2 rings (SSSR count). The van der Waals surface area contributed by atoms with Crippen LogP contribution in [0.15, 0.2) is 36.4 Å². The molecule has 68 heavy (non-hydrogen) atoms. The number of ether oxygens (including phenoxy) is 2. The van der Waals surface area contributed by atoms with Crippen LogP contribution in [0.25, 0.3) is 0 Å². The second-order valence-corrected chi connectivity index (χ2v) is 21.7. The van der Waals surface area contributed by atoms with Crippen molar-refractivity contribution in [2.75, 3.05) is 47.9 Å². The summed E-state index contributed by atoms with van der Waals surface area (Å²) in [5.41, 5.74) is -2.79. The molecular formula is C43H68Cl4IN4NaO13S2. The normalized spacial score (nSPS) is 13.4. The number of hydrogen-bond acceptors (Lipinski definition) is 13. The van der Waals surface area contributed by atoms with Gasteiger partial charge in [-0.15, -0.1) is 0 Å². The zero-order valence-corrected chi connectivity index (χ0v) is 50.6. The average molecular weight is 1200 g/mol. The number of carbonyl (C=O) groups is 5. The predicted octanol–water partition coefficient (Wildman–Crippen LogP) is -1.85. The molecule has 17 nitrogen and oxygen atoms in total. The molecule has 386 valence electrons. The van der Waals surface area contributed by atoms with Crippen LogP contribution in [0.5, 0.6) is 0 Å². The quantitative estimate of drug-likeness (QED) is 0.113. The van der Waals surface area contributed by atoms with Crippen LogP contribution in [0.3, 0.4) is 0 Å². The molecule has 0 saturated heterocycles. The van der Waals surface area contributed by atoms with Crippen LogP contribution >= 0.6 is 73.4 Å². The maximum atomic E-state index is 13.1. The van der Waals surface area contributed by atoms with Crippen molar-refractivity contribution in [3.8, 4) is 0 Å². The molecule has 0 aliphatic rings. The Bertz CT molecular complexity index is 1920. The van der Waals surface area contributed by atoms with Crippen molar-refractivity contribution in [3.63, 3.8) is 0 Å². The standard InChI is InChI=1S/C22H34Cl2N2O5.C21H30Cl2N2O4.IO4.Na.2H2S/c1-14(2)19(29)25(6)13-22(11-16(28)12-27,15-8-9-17(23)18(24)10-15)26(7)20(30)31-21(3,4)5;1-14(2)18(27)24(6)13-21(10-11-26,15-8-9-16(22)17(23)12-15)25(7)19(28)29-20(3,4)5;2-1(3,4)5;;;/h8-10,14,16,27-28H,11-13H2,1-7H3;8-9,11-12,14H,10,13H2,1-7H3;;;2*1H2/q;;-1;+1;;/t16?,22-;21-;;;;/m11..../s1. The molecule has 0 heterocycles. The van der Waals surface area contributed by atoms with E-state index in [2.05, 4.69) is 0 Å². The maximum Gasteiger partial charge on any atom is 1.00 e. The molecule has 1 unspecified atom stereocenters. The van der Waals surface area contributed by atoms with Gasteiger partial charge in [0.05, 0.1) is 43.9 Å². The summed E-state index contributed by atoms with van der Waals surface area (Å²) in [5.74, 6) is -0.765. The Kier molecular flexibility index (Phi) is 34.0. The topological polar surface area (TPSA) is 249 Å². The molecule has 4 amide bonds. The van der Waals surface area contributed by atoms with E-state index >= 15 is 0 Å². The molecule has 0 bridgehead atoms. The Morgan fingerprint density at radius 2 is 0.971 bits per heavy atom. The number of aliphatic hydroxyl groups is 2. The van der Waals surface area contributed by atoms with E-state index in [9.17, 15) is 34.2 Å². The first kappa shape index (κ1) is 73.5. The fraction of sp³-hybridized carbons (Fsp3) is 0.605. The van der Waals surface area contributed by atoms with Gasteiger partial charge in [-0.2, -0.15) is 27.0 Å². The summed E-state index contributed by atoms with van der Waals surface area (Å²) in [6.07, 6.45) is -1.83. The molecule has 25 heteroatoms. The van der Waals surface area contributed by atoms with Crippen LogP contribution in [0.4, 0.5) is 9.59 Å². The minimum Gasteiger partial charge on any atom is -0.444 e. The zero-order chi connectivity index (χ0) is 51.2. The Balaban J connectivity index is -0.000000526. The minimum absolute atomic E-state index is 0. The van der Waals surface area contributed by atoms with E-state index in [1.54, 1.807) is 127 Å². The monoisotopic (exact) mass is 1200 g/mol. The van der Waals surface area contributed by atoms with E-state index in [-0.39, 0.29) is 116 Å². The smallest absolute Gasteiger partial charge is 0.444 e. The van der Waals surface area contributed by atoms with Gasteiger partial charge in [0, 0.05) is 66.0 Å². The Hall–Kier alpha value is -1.06. The number of nitrogens with zero attached hydrogens (tertiary/aromatic N) is 4. The van der Waals surface area contributed by atoms with Gasteiger partial charge in [-0.1, -0.05) is 86.2 Å². The molecule has 0 aliphatic heterocycles. The summed E-state index contributed by atoms with van der Waals surface area (Å²) in [4.78, 5) is 68.7. The number of likely N-dealkylation sites (N-methyl/N-ethyl adjacent to an activating group) is 4. The van der Waals surface area contributed by atoms with Gasteiger partial charge in [-0.05, 0) is 76.9 Å². The van der Waals surface area contributed by atoms with E-state index in [0.29, 0.717) is 21.2 Å². The third kappa shape index (κ3) is 24.6. The molecule has 0 fully saturated rings. The van der Waals surface area contributed by atoms with Crippen LogP contribution in [-0.2, 0) is 34.9 Å². The molecule has 0 aliphatic carbocycles.